The Morgan fingerprint density at radius 1 is 1.31 bits per heavy atom. The number of benzene rings is 1. The summed E-state index contributed by atoms with van der Waals surface area (Å²) in [5.74, 6) is 0.416. The van der Waals surface area contributed by atoms with Gasteiger partial charge >= 0.3 is 6.03 Å². The van der Waals surface area contributed by atoms with E-state index in [1.165, 1.54) is 13.2 Å². The van der Waals surface area contributed by atoms with Crippen molar-refractivity contribution in [3.8, 4) is 11.5 Å². The van der Waals surface area contributed by atoms with E-state index in [0.717, 1.165) is 4.47 Å². The zero-order valence-corrected chi connectivity index (χ0v) is 16.0. The van der Waals surface area contributed by atoms with Crippen LogP contribution in [-0.2, 0) is 5.54 Å². The summed E-state index contributed by atoms with van der Waals surface area (Å²) in [6.45, 7) is 2.13. The Kier molecular flexibility index (Phi) is 5.31. The number of methoxy groups -OCH3 is 1. The first-order valence-electron chi connectivity index (χ1n) is 8.19. The summed E-state index contributed by atoms with van der Waals surface area (Å²) in [7, 11) is 1.47. The fourth-order valence-electron chi connectivity index (χ4n) is 2.80. The summed E-state index contributed by atoms with van der Waals surface area (Å²) >= 11 is 3.29. The van der Waals surface area contributed by atoms with Crippen LogP contribution < -0.4 is 20.1 Å². The second-order valence-corrected chi connectivity index (χ2v) is 6.83. The van der Waals surface area contributed by atoms with Gasteiger partial charge in [0, 0.05) is 10.7 Å². The van der Waals surface area contributed by atoms with Gasteiger partial charge in [0.2, 0.25) is 0 Å². The first kappa shape index (κ1) is 18.4. The van der Waals surface area contributed by atoms with Crippen molar-refractivity contribution in [1.82, 2.24) is 10.3 Å². The van der Waals surface area contributed by atoms with E-state index < -0.39 is 17.4 Å². The number of nitrogens with one attached hydrogen (secondary N) is 2. The van der Waals surface area contributed by atoms with Crippen molar-refractivity contribution in [3.63, 3.8) is 0 Å². The molecule has 2 N–H and O–H groups in total. The molecule has 26 heavy (non-hydrogen) atoms. The van der Waals surface area contributed by atoms with Gasteiger partial charge < -0.3 is 14.8 Å². The molecule has 1 fully saturated rings. The number of aromatic nitrogens is 1. The molecule has 1 heterocycles. The summed E-state index contributed by atoms with van der Waals surface area (Å²) in [4.78, 5) is 16.5. The van der Waals surface area contributed by atoms with Crippen molar-refractivity contribution < 1.29 is 18.7 Å². The number of carbonyl (C=O) groups is 1. The molecule has 1 aromatic carbocycles. The fourth-order valence-corrected chi connectivity index (χ4v) is 3.03. The minimum atomic E-state index is -0.817. The molecule has 1 aliphatic carbocycles. The smallest absolute Gasteiger partial charge is 0.321 e. The average molecular weight is 424 g/mol. The summed E-state index contributed by atoms with van der Waals surface area (Å²) in [5, 5.41) is 5.51. The Morgan fingerprint density at radius 2 is 2.04 bits per heavy atom. The Bertz CT molecular complexity index is 810. The van der Waals surface area contributed by atoms with Gasteiger partial charge in [0.25, 0.3) is 0 Å². The Hall–Kier alpha value is -2.35. The van der Waals surface area contributed by atoms with Crippen molar-refractivity contribution in [2.24, 2.45) is 0 Å². The van der Waals surface area contributed by atoms with Gasteiger partial charge in [-0.2, -0.15) is 0 Å². The van der Waals surface area contributed by atoms with E-state index in [4.69, 9.17) is 9.47 Å². The summed E-state index contributed by atoms with van der Waals surface area (Å²) < 4.78 is 26.4. The number of ether oxygens (including phenoxy) is 2. The number of amides is 2. The van der Waals surface area contributed by atoms with E-state index in [0.29, 0.717) is 36.6 Å². The third kappa shape index (κ3) is 3.75. The number of hydrogen-bond donors (Lipinski definition) is 2. The fraction of sp³-hybridized carbons (Fsp3) is 0.333. The highest BCUT2D eigenvalue weighted by Crippen LogP contribution is 2.51. The number of halogens is 2. The van der Waals surface area contributed by atoms with Gasteiger partial charge in [0.15, 0.2) is 11.6 Å². The molecular formula is C18H19BrFN3O3. The van der Waals surface area contributed by atoms with Crippen LogP contribution in [0.2, 0.25) is 0 Å². The van der Waals surface area contributed by atoms with E-state index in [9.17, 15) is 9.18 Å². The van der Waals surface area contributed by atoms with Crippen molar-refractivity contribution >= 4 is 27.8 Å². The molecular weight excluding hydrogens is 405 g/mol. The molecule has 3 rings (SSSR count). The molecule has 0 spiro atoms. The van der Waals surface area contributed by atoms with E-state index in [1.54, 1.807) is 31.3 Å². The summed E-state index contributed by atoms with van der Waals surface area (Å²) in [6.07, 6.45) is 2.80. The molecule has 0 aliphatic heterocycles. The Balaban J connectivity index is 1.83. The maximum absolute atomic E-state index is 15.0. The van der Waals surface area contributed by atoms with Gasteiger partial charge in [-0.05, 0) is 60.0 Å². The maximum Gasteiger partial charge on any atom is 0.321 e. The van der Waals surface area contributed by atoms with Crippen LogP contribution in [0.15, 0.2) is 34.9 Å². The van der Waals surface area contributed by atoms with Crippen molar-refractivity contribution in [2.45, 2.75) is 25.3 Å². The molecule has 2 aromatic rings. The lowest BCUT2D eigenvalue weighted by atomic mass is 10.0. The molecule has 0 atom stereocenters. The second-order valence-electron chi connectivity index (χ2n) is 5.91. The number of carbonyl (C=O) groups excluding carboxylic acids is 1. The number of nitrogens with zero attached hydrogens (tertiary/aromatic N) is 1. The minimum absolute atomic E-state index is 0.145. The third-order valence-corrected chi connectivity index (χ3v) is 4.61. The van der Waals surface area contributed by atoms with Crippen LogP contribution in [0.5, 0.6) is 11.5 Å². The first-order valence-corrected chi connectivity index (χ1v) is 8.99. The largest absolute Gasteiger partial charge is 0.496 e. The molecule has 1 saturated carbocycles. The van der Waals surface area contributed by atoms with Crippen LogP contribution in [0, 0.1) is 5.82 Å². The molecule has 0 saturated heterocycles. The van der Waals surface area contributed by atoms with Gasteiger partial charge in [-0.15, -0.1) is 0 Å². The Labute approximate surface area is 159 Å². The van der Waals surface area contributed by atoms with Gasteiger partial charge in [-0.1, -0.05) is 0 Å². The molecule has 0 unspecified atom stereocenters. The minimum Gasteiger partial charge on any atom is -0.496 e. The number of anilines is 1. The van der Waals surface area contributed by atoms with Gasteiger partial charge in [0.1, 0.15) is 11.6 Å². The van der Waals surface area contributed by atoms with Crippen LogP contribution in [0.4, 0.5) is 15.0 Å². The van der Waals surface area contributed by atoms with Crippen molar-refractivity contribution in [2.75, 3.05) is 19.0 Å². The van der Waals surface area contributed by atoms with E-state index in [1.807, 2.05) is 0 Å². The number of rotatable bonds is 6. The van der Waals surface area contributed by atoms with E-state index in [2.05, 4.69) is 31.5 Å². The lowest BCUT2D eigenvalue weighted by Crippen LogP contribution is -2.39. The normalized spacial score (nSPS) is 14.5. The molecule has 0 bridgehead atoms. The monoisotopic (exact) mass is 423 g/mol. The number of hydrogen-bond acceptors (Lipinski definition) is 4. The number of pyridine rings is 1. The van der Waals surface area contributed by atoms with Gasteiger partial charge in [0.05, 0.1) is 24.8 Å². The van der Waals surface area contributed by atoms with Crippen LogP contribution in [0.3, 0.4) is 0 Å². The Morgan fingerprint density at radius 3 is 2.62 bits per heavy atom. The molecule has 0 radical (unpaired) electrons. The van der Waals surface area contributed by atoms with Crippen LogP contribution in [-0.4, -0.2) is 24.7 Å². The summed E-state index contributed by atoms with van der Waals surface area (Å²) in [6, 6.07) is 6.16. The molecule has 1 aromatic heterocycles. The van der Waals surface area contributed by atoms with Gasteiger partial charge in [-0.3, -0.25) is 5.32 Å². The van der Waals surface area contributed by atoms with Gasteiger partial charge in [-0.25, -0.2) is 14.2 Å². The van der Waals surface area contributed by atoms with Crippen molar-refractivity contribution in [3.05, 3.63) is 46.3 Å². The zero-order valence-electron chi connectivity index (χ0n) is 14.4. The molecule has 2 amide bonds. The van der Waals surface area contributed by atoms with Crippen LogP contribution in [0.25, 0.3) is 0 Å². The zero-order chi connectivity index (χ0) is 18.7. The lowest BCUT2D eigenvalue weighted by molar-refractivity contribution is 0.246. The van der Waals surface area contributed by atoms with Crippen molar-refractivity contribution in [1.29, 1.82) is 0 Å². The molecule has 1 aliphatic rings. The van der Waals surface area contributed by atoms with E-state index >= 15 is 0 Å². The SMILES string of the molecule is CCOc1ccc(OC)c(C2(NC(=O)Nc3ccc(Br)cn3)CC2)c1F. The third-order valence-electron chi connectivity index (χ3n) is 4.14. The van der Waals surface area contributed by atoms with E-state index in [-0.39, 0.29) is 5.75 Å². The highest BCUT2D eigenvalue weighted by Gasteiger charge is 2.50. The predicted molar refractivity (Wildman–Crippen MR) is 99.1 cm³/mol. The first-order chi connectivity index (χ1) is 12.5. The lowest BCUT2D eigenvalue weighted by Gasteiger charge is -2.22. The van der Waals surface area contributed by atoms with Crippen LogP contribution in [0.1, 0.15) is 25.3 Å². The standard InChI is InChI=1S/C18H19BrFN3O3/c1-3-26-13-6-5-12(25-2)15(16(13)20)18(8-9-18)23-17(24)22-14-7-4-11(19)10-21-14/h4-7,10H,3,8-9H2,1-2H3,(H2,21,22,23,24). The topological polar surface area (TPSA) is 72.5 Å². The average Bonchev–Trinajstić information content (AvgIpc) is 3.38. The maximum atomic E-state index is 15.0. The molecule has 8 heteroatoms. The highest BCUT2D eigenvalue weighted by molar-refractivity contribution is 9.10. The number of urea groups is 1. The molecule has 138 valence electrons. The highest BCUT2D eigenvalue weighted by atomic mass is 79.9. The summed E-state index contributed by atoms with van der Waals surface area (Å²) in [5.41, 5.74) is -0.507. The quantitative estimate of drug-likeness (QED) is 0.729. The second kappa shape index (κ2) is 7.49. The molecule has 6 nitrogen and oxygen atoms in total. The van der Waals surface area contributed by atoms with Crippen LogP contribution >= 0.6 is 15.9 Å². The predicted octanol–water partition coefficient (Wildman–Crippen LogP) is 4.20.